The standard InChI is InChI=1S/C6H4Cl.CHO2.Sb.H/c7-6-4-2-1-3-5-6;2-1-3;;/h2-5H;(H,2,3);;. The Hall–Kier alpha value is -0.202. The fourth-order valence-corrected chi connectivity index (χ4v) is 2.44. The maximum absolute atomic E-state index is 10.3. The van der Waals surface area contributed by atoms with Crippen LogP contribution in [0.4, 0.5) is 4.79 Å². The van der Waals surface area contributed by atoms with Crippen LogP contribution in [0.3, 0.4) is 0 Å². The first kappa shape index (κ1) is 8.89. The first-order valence-corrected chi connectivity index (χ1v) is 6.17. The van der Waals surface area contributed by atoms with Crippen molar-refractivity contribution in [2.24, 2.45) is 0 Å². The summed E-state index contributed by atoms with van der Waals surface area (Å²) in [6.07, 6.45) is 0. The molecule has 0 atom stereocenters. The van der Waals surface area contributed by atoms with Gasteiger partial charge in [-0.2, -0.15) is 0 Å². The zero-order chi connectivity index (χ0) is 8.27. The minimum absolute atomic E-state index is 0.651. The molecule has 0 bridgehead atoms. The van der Waals surface area contributed by atoms with Crippen molar-refractivity contribution in [2.75, 3.05) is 0 Å². The fourth-order valence-electron chi connectivity index (χ4n) is 0.657. The SMILES string of the molecule is O=[C](O)[SbH][c]1ccc(Cl)cc1. The summed E-state index contributed by atoms with van der Waals surface area (Å²) >= 11 is 4.22. The number of hydrogen-bond donors (Lipinski definition) is 1. The van der Waals surface area contributed by atoms with Crippen LogP contribution in [0.15, 0.2) is 24.3 Å². The van der Waals surface area contributed by atoms with Gasteiger partial charge in [-0.05, 0) is 0 Å². The summed E-state index contributed by atoms with van der Waals surface area (Å²) in [6, 6.07) is 7.01. The second kappa shape index (κ2) is 3.98. The zero-order valence-corrected chi connectivity index (χ0v) is 9.15. The third kappa shape index (κ3) is 3.13. The summed E-state index contributed by atoms with van der Waals surface area (Å²) in [7, 11) is 0. The van der Waals surface area contributed by atoms with Crippen LogP contribution in [0.1, 0.15) is 0 Å². The summed E-state index contributed by atoms with van der Waals surface area (Å²) in [6.45, 7) is 0. The van der Waals surface area contributed by atoms with Gasteiger partial charge in [-0.3, -0.25) is 0 Å². The molecule has 0 fully saturated rings. The Balaban J connectivity index is 2.74. The first-order valence-electron chi connectivity index (χ1n) is 2.94. The van der Waals surface area contributed by atoms with Crippen LogP contribution in [0.25, 0.3) is 0 Å². The van der Waals surface area contributed by atoms with Gasteiger partial charge in [0.05, 0.1) is 0 Å². The van der Waals surface area contributed by atoms with Gasteiger partial charge in [-0.15, -0.1) is 0 Å². The Bertz CT molecular complexity index is 258. The summed E-state index contributed by atoms with van der Waals surface area (Å²) < 4.78 is 0.279. The van der Waals surface area contributed by atoms with E-state index in [1.165, 1.54) is 0 Å². The molecule has 0 saturated carbocycles. The van der Waals surface area contributed by atoms with Gasteiger partial charge in [0.15, 0.2) is 0 Å². The predicted octanol–water partition coefficient (Wildman–Crippen LogP) is 1.08. The van der Waals surface area contributed by atoms with Crippen molar-refractivity contribution in [2.45, 2.75) is 0 Å². The Labute approximate surface area is 79.7 Å². The van der Waals surface area contributed by atoms with Crippen molar-refractivity contribution < 1.29 is 9.90 Å². The molecule has 0 aliphatic heterocycles. The number of rotatable bonds is 2. The van der Waals surface area contributed by atoms with E-state index in [9.17, 15) is 4.79 Å². The van der Waals surface area contributed by atoms with Crippen LogP contribution in [0.5, 0.6) is 0 Å². The van der Waals surface area contributed by atoms with Crippen molar-refractivity contribution in [1.29, 1.82) is 0 Å². The number of hydrogen-bond acceptors (Lipinski definition) is 1. The summed E-state index contributed by atoms with van der Waals surface area (Å²) in [5.74, 6) is 0. The normalized spacial score (nSPS) is 9.55. The van der Waals surface area contributed by atoms with Crippen molar-refractivity contribution in [1.82, 2.24) is 0 Å². The first-order chi connectivity index (χ1) is 5.18. The Morgan fingerprint density at radius 2 is 1.91 bits per heavy atom. The molecule has 0 unspecified atom stereocenters. The molecular weight excluding hydrogens is 273 g/mol. The van der Waals surface area contributed by atoms with E-state index in [-0.39, 0.29) is 0 Å². The second-order valence-electron chi connectivity index (χ2n) is 1.94. The zero-order valence-electron chi connectivity index (χ0n) is 5.54. The Morgan fingerprint density at radius 3 is 2.36 bits per heavy atom. The molecule has 1 aromatic rings. The summed E-state index contributed by atoms with van der Waals surface area (Å²) in [5.41, 5.74) is 0. The van der Waals surface area contributed by atoms with Crippen molar-refractivity contribution >= 4 is 40.6 Å². The van der Waals surface area contributed by atoms with Crippen molar-refractivity contribution in [3.8, 4) is 0 Å². The van der Waals surface area contributed by atoms with E-state index >= 15 is 0 Å². The molecule has 11 heavy (non-hydrogen) atoms. The van der Waals surface area contributed by atoms with Crippen LogP contribution < -0.4 is 3.51 Å². The Morgan fingerprint density at radius 1 is 1.36 bits per heavy atom. The quantitative estimate of drug-likeness (QED) is 0.823. The van der Waals surface area contributed by atoms with Crippen molar-refractivity contribution in [3.63, 3.8) is 0 Å². The average Bonchev–Trinajstić information content (AvgIpc) is 1.93. The molecule has 0 saturated heterocycles. The predicted molar refractivity (Wildman–Crippen MR) is 46.3 cm³/mol. The van der Waals surface area contributed by atoms with E-state index in [0.717, 1.165) is 3.51 Å². The molecular formula is C7H6ClO2Sb. The number of benzene rings is 1. The van der Waals surface area contributed by atoms with Gasteiger partial charge in [0.1, 0.15) is 0 Å². The third-order valence-corrected chi connectivity index (χ3v) is 3.73. The van der Waals surface area contributed by atoms with Gasteiger partial charge in [0, 0.05) is 0 Å². The molecule has 0 amide bonds. The maximum atomic E-state index is 10.3. The van der Waals surface area contributed by atoms with E-state index in [2.05, 4.69) is 0 Å². The molecule has 0 radical (unpaired) electrons. The molecule has 58 valence electrons. The van der Waals surface area contributed by atoms with Crippen molar-refractivity contribution in [3.05, 3.63) is 29.3 Å². The molecule has 4 heteroatoms. The average molecular weight is 279 g/mol. The molecule has 0 heterocycles. The number of carboxylic acid groups (broad SMARTS) is 1. The van der Waals surface area contributed by atoms with E-state index in [1.807, 2.05) is 0 Å². The van der Waals surface area contributed by atoms with Gasteiger partial charge in [0.2, 0.25) is 0 Å². The number of halogens is 1. The van der Waals surface area contributed by atoms with Crippen LogP contribution in [-0.2, 0) is 0 Å². The third-order valence-electron chi connectivity index (χ3n) is 1.10. The monoisotopic (exact) mass is 278 g/mol. The minimum atomic E-state index is -1.40. The fraction of sp³-hybridized carbons (Fsp3) is 0. The van der Waals surface area contributed by atoms with Gasteiger partial charge < -0.3 is 0 Å². The van der Waals surface area contributed by atoms with E-state index in [4.69, 9.17) is 16.7 Å². The second-order valence-corrected chi connectivity index (χ2v) is 5.96. The van der Waals surface area contributed by atoms with Gasteiger partial charge >= 0.3 is 79.8 Å². The van der Waals surface area contributed by atoms with Crippen LogP contribution >= 0.6 is 11.6 Å². The van der Waals surface area contributed by atoms with Gasteiger partial charge in [-0.1, -0.05) is 0 Å². The molecule has 1 N–H and O–H groups in total. The van der Waals surface area contributed by atoms with E-state index in [1.54, 1.807) is 24.3 Å². The molecule has 1 rings (SSSR count). The molecule has 1 aromatic carbocycles. The summed E-state index contributed by atoms with van der Waals surface area (Å²) in [5, 5.41) is 9.13. The molecule has 2 nitrogen and oxygen atoms in total. The molecule has 0 aromatic heterocycles. The van der Waals surface area contributed by atoms with E-state index < -0.39 is 25.5 Å². The Kier molecular flexibility index (Phi) is 3.22. The van der Waals surface area contributed by atoms with E-state index in [0.29, 0.717) is 5.02 Å². The molecule has 0 spiro atoms. The van der Waals surface area contributed by atoms with Crippen LogP contribution in [-0.4, -0.2) is 30.6 Å². The summed E-state index contributed by atoms with van der Waals surface area (Å²) in [4.78, 5) is 10.3. The number of carbonyl (C=O) groups is 1. The van der Waals surface area contributed by atoms with Gasteiger partial charge in [0.25, 0.3) is 0 Å². The van der Waals surface area contributed by atoms with Gasteiger partial charge in [-0.25, -0.2) is 0 Å². The topological polar surface area (TPSA) is 37.3 Å². The molecule has 0 aliphatic rings. The molecule has 0 aliphatic carbocycles. The van der Waals surface area contributed by atoms with Crippen LogP contribution in [0, 0.1) is 0 Å². The van der Waals surface area contributed by atoms with Crippen LogP contribution in [0.2, 0.25) is 5.02 Å².